The van der Waals surface area contributed by atoms with Gasteiger partial charge in [-0.1, -0.05) is 24.3 Å². The van der Waals surface area contributed by atoms with Gasteiger partial charge in [0.05, 0.1) is 6.54 Å². The van der Waals surface area contributed by atoms with Crippen molar-refractivity contribution in [3.05, 3.63) is 59.7 Å². The van der Waals surface area contributed by atoms with E-state index in [1.807, 2.05) is 50.2 Å². The molecule has 0 aliphatic heterocycles. The summed E-state index contributed by atoms with van der Waals surface area (Å²) in [5, 5.41) is 7.93. The molecular weight excluding hydrogens is 278 g/mol. The number of carbonyl (C=O) groups excluding carboxylic acids is 2. The van der Waals surface area contributed by atoms with Crippen LogP contribution in [-0.4, -0.2) is 18.5 Å². The lowest BCUT2D eigenvalue weighted by Crippen LogP contribution is -2.35. The average Bonchev–Trinajstić information content (AvgIpc) is 2.45. The van der Waals surface area contributed by atoms with Crippen molar-refractivity contribution in [3.63, 3.8) is 0 Å². The number of nitrogens with one attached hydrogen (secondary N) is 3. The number of benzene rings is 2. The van der Waals surface area contributed by atoms with E-state index in [0.717, 1.165) is 16.8 Å². The number of carbonyl (C=O) groups is 2. The smallest absolute Gasteiger partial charge is 0.319 e. The Morgan fingerprint density at radius 1 is 0.864 bits per heavy atom. The summed E-state index contributed by atoms with van der Waals surface area (Å²) in [4.78, 5) is 23.5. The van der Waals surface area contributed by atoms with E-state index in [9.17, 15) is 9.59 Å². The summed E-state index contributed by atoms with van der Waals surface area (Å²) in [5.41, 5.74) is 3.55. The molecule has 0 radical (unpaired) electrons. The van der Waals surface area contributed by atoms with Crippen molar-refractivity contribution in [2.24, 2.45) is 0 Å². The van der Waals surface area contributed by atoms with Gasteiger partial charge in [-0.3, -0.25) is 4.79 Å². The second-order valence-corrected chi connectivity index (χ2v) is 5.10. The van der Waals surface area contributed by atoms with E-state index in [2.05, 4.69) is 16.0 Å². The summed E-state index contributed by atoms with van der Waals surface area (Å²) in [6, 6.07) is 14.4. The largest absolute Gasteiger partial charge is 0.329 e. The average molecular weight is 297 g/mol. The first-order chi connectivity index (χ1) is 10.5. The van der Waals surface area contributed by atoms with Crippen LogP contribution in [0, 0.1) is 13.8 Å². The maximum absolute atomic E-state index is 11.8. The van der Waals surface area contributed by atoms with Gasteiger partial charge in [-0.15, -0.1) is 0 Å². The molecule has 0 saturated carbocycles. The molecule has 0 fully saturated rings. The summed E-state index contributed by atoms with van der Waals surface area (Å²) >= 11 is 0. The van der Waals surface area contributed by atoms with Crippen LogP contribution in [0.25, 0.3) is 0 Å². The predicted molar refractivity (Wildman–Crippen MR) is 88.0 cm³/mol. The van der Waals surface area contributed by atoms with Crippen molar-refractivity contribution in [1.29, 1.82) is 0 Å². The number of anilines is 2. The van der Waals surface area contributed by atoms with E-state index in [4.69, 9.17) is 0 Å². The number of hydrogen-bond acceptors (Lipinski definition) is 2. The molecule has 0 aliphatic rings. The predicted octanol–water partition coefficient (Wildman–Crippen LogP) is 3.06. The van der Waals surface area contributed by atoms with Crippen LogP contribution in [-0.2, 0) is 4.79 Å². The summed E-state index contributed by atoms with van der Waals surface area (Å²) < 4.78 is 0. The first-order valence-corrected chi connectivity index (χ1v) is 7.01. The number of hydrogen-bond donors (Lipinski definition) is 3. The fraction of sp³-hybridized carbons (Fsp3) is 0.176. The van der Waals surface area contributed by atoms with Gasteiger partial charge in [0, 0.05) is 11.4 Å². The number of aryl methyl sites for hydroxylation is 2. The molecule has 3 amide bonds. The van der Waals surface area contributed by atoms with E-state index in [1.165, 1.54) is 0 Å². The summed E-state index contributed by atoms with van der Waals surface area (Å²) in [7, 11) is 0. The van der Waals surface area contributed by atoms with Gasteiger partial charge in [0.25, 0.3) is 0 Å². The zero-order valence-corrected chi connectivity index (χ0v) is 12.6. The molecule has 2 aromatic rings. The maximum atomic E-state index is 11.8. The lowest BCUT2D eigenvalue weighted by Gasteiger charge is -2.09. The van der Waals surface area contributed by atoms with Gasteiger partial charge in [-0.2, -0.15) is 0 Å². The minimum Gasteiger partial charge on any atom is -0.329 e. The summed E-state index contributed by atoms with van der Waals surface area (Å²) in [6.45, 7) is 3.84. The monoisotopic (exact) mass is 297 g/mol. The highest BCUT2D eigenvalue weighted by Gasteiger charge is 2.06. The van der Waals surface area contributed by atoms with Gasteiger partial charge < -0.3 is 16.0 Å². The minimum atomic E-state index is -0.415. The number of amides is 3. The summed E-state index contributed by atoms with van der Waals surface area (Å²) in [6.07, 6.45) is 0. The third kappa shape index (κ3) is 4.94. The molecule has 114 valence electrons. The Balaban J connectivity index is 1.81. The minimum absolute atomic E-state index is 0.0916. The fourth-order valence-electron chi connectivity index (χ4n) is 2.11. The molecule has 5 nitrogen and oxygen atoms in total. The second-order valence-electron chi connectivity index (χ2n) is 5.10. The van der Waals surface area contributed by atoms with Crippen molar-refractivity contribution in [2.75, 3.05) is 17.2 Å². The first kappa shape index (κ1) is 15.6. The van der Waals surface area contributed by atoms with Gasteiger partial charge in [0.2, 0.25) is 5.91 Å². The molecule has 0 aliphatic carbocycles. The Morgan fingerprint density at radius 3 is 2.14 bits per heavy atom. The Labute approximate surface area is 129 Å². The topological polar surface area (TPSA) is 70.2 Å². The molecule has 0 spiro atoms. The van der Waals surface area contributed by atoms with Crippen LogP contribution in [0.1, 0.15) is 11.1 Å². The lowest BCUT2D eigenvalue weighted by molar-refractivity contribution is -0.115. The fourth-order valence-corrected chi connectivity index (χ4v) is 2.11. The van der Waals surface area contributed by atoms with Crippen LogP contribution in [0.2, 0.25) is 0 Å². The Bertz CT molecular complexity index is 649. The van der Waals surface area contributed by atoms with Crippen LogP contribution in [0.5, 0.6) is 0 Å². The van der Waals surface area contributed by atoms with Crippen LogP contribution < -0.4 is 16.0 Å². The Kier molecular flexibility index (Phi) is 5.14. The number of para-hydroxylation sites is 1. The molecule has 0 bridgehead atoms. The number of rotatable bonds is 4. The molecule has 2 rings (SSSR count). The molecule has 0 unspecified atom stereocenters. The third-order valence-corrected chi connectivity index (χ3v) is 2.95. The molecule has 0 aromatic heterocycles. The Morgan fingerprint density at radius 2 is 1.50 bits per heavy atom. The SMILES string of the molecule is Cc1cc(C)cc(NC(=O)CNC(=O)Nc2ccccc2)c1. The Hall–Kier alpha value is -2.82. The zero-order chi connectivity index (χ0) is 15.9. The highest BCUT2D eigenvalue weighted by molar-refractivity contribution is 5.97. The molecule has 0 atom stereocenters. The van der Waals surface area contributed by atoms with Crippen molar-refractivity contribution in [2.45, 2.75) is 13.8 Å². The zero-order valence-electron chi connectivity index (χ0n) is 12.6. The highest BCUT2D eigenvalue weighted by atomic mass is 16.2. The standard InChI is InChI=1S/C17H19N3O2/c1-12-8-13(2)10-15(9-12)19-16(21)11-18-17(22)20-14-6-4-3-5-7-14/h3-10H,11H2,1-2H3,(H,19,21)(H2,18,20,22). The first-order valence-electron chi connectivity index (χ1n) is 7.01. The van der Waals surface area contributed by atoms with Crippen LogP contribution >= 0.6 is 0 Å². The lowest BCUT2D eigenvalue weighted by atomic mass is 10.1. The maximum Gasteiger partial charge on any atom is 0.319 e. The van der Waals surface area contributed by atoms with Gasteiger partial charge in [-0.05, 0) is 49.2 Å². The quantitative estimate of drug-likeness (QED) is 0.811. The van der Waals surface area contributed by atoms with Crippen molar-refractivity contribution >= 4 is 23.3 Å². The van der Waals surface area contributed by atoms with E-state index in [0.29, 0.717) is 5.69 Å². The van der Waals surface area contributed by atoms with Gasteiger partial charge >= 0.3 is 6.03 Å². The van der Waals surface area contributed by atoms with Crippen LogP contribution in [0.3, 0.4) is 0 Å². The normalized spacial score (nSPS) is 9.91. The van der Waals surface area contributed by atoms with E-state index < -0.39 is 6.03 Å². The molecular formula is C17H19N3O2. The molecule has 5 heteroatoms. The summed E-state index contributed by atoms with van der Waals surface area (Å²) in [5.74, 6) is -0.270. The van der Waals surface area contributed by atoms with E-state index >= 15 is 0 Å². The van der Waals surface area contributed by atoms with Crippen molar-refractivity contribution in [3.8, 4) is 0 Å². The van der Waals surface area contributed by atoms with Gasteiger partial charge in [0.15, 0.2) is 0 Å². The molecule has 3 N–H and O–H groups in total. The number of urea groups is 1. The molecule has 0 saturated heterocycles. The van der Waals surface area contributed by atoms with Crippen LogP contribution in [0.15, 0.2) is 48.5 Å². The van der Waals surface area contributed by atoms with Crippen LogP contribution in [0.4, 0.5) is 16.2 Å². The van der Waals surface area contributed by atoms with Gasteiger partial charge in [-0.25, -0.2) is 4.79 Å². The molecule has 0 heterocycles. The third-order valence-electron chi connectivity index (χ3n) is 2.95. The highest BCUT2D eigenvalue weighted by Crippen LogP contribution is 2.13. The van der Waals surface area contributed by atoms with E-state index in [-0.39, 0.29) is 12.5 Å². The van der Waals surface area contributed by atoms with Crippen molar-refractivity contribution in [1.82, 2.24) is 5.32 Å². The second kappa shape index (κ2) is 7.26. The van der Waals surface area contributed by atoms with Crippen molar-refractivity contribution < 1.29 is 9.59 Å². The molecule has 2 aromatic carbocycles. The van der Waals surface area contributed by atoms with E-state index in [1.54, 1.807) is 12.1 Å². The van der Waals surface area contributed by atoms with Gasteiger partial charge in [0.1, 0.15) is 0 Å². The molecule has 22 heavy (non-hydrogen) atoms.